The number of amides is 3. The second-order valence-electron chi connectivity index (χ2n) is 6.70. The third-order valence-corrected chi connectivity index (χ3v) is 3.86. The van der Waals surface area contributed by atoms with E-state index in [0.717, 1.165) is 0 Å². The molecule has 0 aliphatic heterocycles. The second kappa shape index (κ2) is 10.0. The minimum atomic E-state index is -0.582. The molecule has 152 valence electrons. The highest BCUT2D eigenvalue weighted by molar-refractivity contribution is 6.01. The quantitative estimate of drug-likeness (QED) is 0.512. The van der Waals surface area contributed by atoms with Gasteiger partial charge in [0.2, 0.25) is 5.91 Å². The summed E-state index contributed by atoms with van der Waals surface area (Å²) < 4.78 is 4.61. The van der Waals surface area contributed by atoms with Crippen molar-refractivity contribution in [2.75, 3.05) is 12.4 Å². The molecule has 0 saturated heterocycles. The van der Waals surface area contributed by atoms with Crippen molar-refractivity contribution in [1.82, 2.24) is 10.9 Å². The average Bonchev–Trinajstić information content (AvgIpc) is 2.71. The molecule has 0 aromatic heterocycles. The molecule has 8 heteroatoms. The number of carbonyl (C=O) groups excluding carboxylic acids is 4. The maximum absolute atomic E-state index is 12.2. The number of methoxy groups -OCH3 is 1. The highest BCUT2D eigenvalue weighted by Crippen LogP contribution is 2.11. The normalized spacial score (nSPS) is 10.2. The number of anilines is 1. The summed E-state index contributed by atoms with van der Waals surface area (Å²) in [5.41, 5.74) is 5.89. The van der Waals surface area contributed by atoms with Crippen LogP contribution in [0.4, 0.5) is 5.69 Å². The number of ether oxygens (including phenoxy) is 1. The molecule has 0 saturated carbocycles. The zero-order valence-electron chi connectivity index (χ0n) is 16.4. The van der Waals surface area contributed by atoms with E-state index in [4.69, 9.17) is 0 Å². The van der Waals surface area contributed by atoms with Gasteiger partial charge in [0.25, 0.3) is 11.8 Å². The van der Waals surface area contributed by atoms with Gasteiger partial charge in [-0.05, 0) is 48.4 Å². The fourth-order valence-electron chi connectivity index (χ4n) is 2.45. The minimum absolute atomic E-state index is 0.0985. The van der Waals surface area contributed by atoms with E-state index in [-0.39, 0.29) is 23.0 Å². The molecule has 2 rings (SSSR count). The highest BCUT2D eigenvalue weighted by atomic mass is 16.5. The Morgan fingerprint density at radius 3 is 2.03 bits per heavy atom. The molecule has 0 aliphatic carbocycles. The molecule has 0 heterocycles. The van der Waals surface area contributed by atoms with Gasteiger partial charge in [0.05, 0.1) is 12.7 Å². The number of hydrogen-bond acceptors (Lipinski definition) is 5. The first-order valence-corrected chi connectivity index (χ1v) is 8.99. The van der Waals surface area contributed by atoms with Crippen LogP contribution in [0, 0.1) is 5.92 Å². The minimum Gasteiger partial charge on any atom is -0.465 e. The molecule has 3 amide bonds. The molecule has 2 aromatic rings. The summed E-state index contributed by atoms with van der Waals surface area (Å²) in [7, 11) is 1.25. The number of nitrogens with one attached hydrogen (secondary N) is 3. The molecular weight excluding hydrogens is 374 g/mol. The van der Waals surface area contributed by atoms with E-state index in [2.05, 4.69) is 20.9 Å². The maximum atomic E-state index is 12.2. The van der Waals surface area contributed by atoms with Gasteiger partial charge < -0.3 is 10.1 Å². The zero-order valence-corrected chi connectivity index (χ0v) is 16.4. The standard InChI is InChI=1S/C21H23N3O5/c1-13(2)11-18(25)22-17-9-7-14(8-10-17)19(26)23-24-20(27)15-5-4-6-16(12-15)21(28)29-3/h4-10,12-13H,11H2,1-3H3,(H,22,25)(H,23,26)(H,24,27). The first-order chi connectivity index (χ1) is 13.8. The Morgan fingerprint density at radius 1 is 0.862 bits per heavy atom. The van der Waals surface area contributed by atoms with Gasteiger partial charge in [-0.25, -0.2) is 4.79 Å². The Labute approximate surface area is 168 Å². The van der Waals surface area contributed by atoms with Crippen LogP contribution in [0.2, 0.25) is 0 Å². The fraction of sp³-hybridized carbons (Fsp3) is 0.238. The van der Waals surface area contributed by atoms with E-state index < -0.39 is 17.8 Å². The second-order valence-corrected chi connectivity index (χ2v) is 6.70. The first kappa shape index (κ1) is 21.6. The Morgan fingerprint density at radius 2 is 1.45 bits per heavy atom. The van der Waals surface area contributed by atoms with Gasteiger partial charge in [-0.2, -0.15) is 0 Å². The van der Waals surface area contributed by atoms with Crippen LogP contribution in [0.5, 0.6) is 0 Å². The van der Waals surface area contributed by atoms with Gasteiger partial charge in [0.15, 0.2) is 0 Å². The summed E-state index contributed by atoms with van der Waals surface area (Å²) in [5, 5.41) is 2.75. The summed E-state index contributed by atoms with van der Waals surface area (Å²) in [4.78, 5) is 47.7. The Kier molecular flexibility index (Phi) is 7.47. The van der Waals surface area contributed by atoms with E-state index in [1.54, 1.807) is 12.1 Å². The van der Waals surface area contributed by atoms with E-state index in [1.165, 1.54) is 43.5 Å². The van der Waals surface area contributed by atoms with Crippen molar-refractivity contribution in [3.8, 4) is 0 Å². The van der Waals surface area contributed by atoms with E-state index in [9.17, 15) is 19.2 Å². The van der Waals surface area contributed by atoms with Crippen molar-refractivity contribution < 1.29 is 23.9 Å². The summed E-state index contributed by atoms with van der Waals surface area (Å²) in [5.74, 6) is -1.52. The summed E-state index contributed by atoms with van der Waals surface area (Å²) in [6.07, 6.45) is 0.408. The van der Waals surface area contributed by atoms with Gasteiger partial charge in [0, 0.05) is 23.2 Å². The van der Waals surface area contributed by atoms with Gasteiger partial charge in [-0.15, -0.1) is 0 Å². The number of benzene rings is 2. The SMILES string of the molecule is COC(=O)c1cccc(C(=O)NNC(=O)c2ccc(NC(=O)CC(C)C)cc2)c1. The third kappa shape index (κ3) is 6.46. The van der Waals surface area contributed by atoms with Crippen LogP contribution in [0.15, 0.2) is 48.5 Å². The highest BCUT2D eigenvalue weighted by Gasteiger charge is 2.12. The Balaban J connectivity index is 1.93. The summed E-state index contributed by atoms with van der Waals surface area (Å²) in [6.45, 7) is 3.90. The van der Waals surface area contributed by atoms with Crippen LogP contribution < -0.4 is 16.2 Å². The largest absolute Gasteiger partial charge is 0.465 e. The van der Waals surface area contributed by atoms with Crippen molar-refractivity contribution in [2.45, 2.75) is 20.3 Å². The molecule has 0 aliphatic rings. The Bertz CT molecular complexity index is 907. The molecule has 2 aromatic carbocycles. The third-order valence-electron chi connectivity index (χ3n) is 3.86. The number of hydrazine groups is 1. The van der Waals surface area contributed by atoms with Crippen LogP contribution in [0.25, 0.3) is 0 Å². The van der Waals surface area contributed by atoms with Crippen molar-refractivity contribution in [2.24, 2.45) is 5.92 Å². The van der Waals surface area contributed by atoms with E-state index >= 15 is 0 Å². The lowest BCUT2D eigenvalue weighted by molar-refractivity contribution is -0.116. The first-order valence-electron chi connectivity index (χ1n) is 8.99. The summed E-state index contributed by atoms with van der Waals surface area (Å²) >= 11 is 0. The van der Waals surface area contributed by atoms with E-state index in [0.29, 0.717) is 17.7 Å². The predicted octanol–water partition coefficient (Wildman–Crippen LogP) is 2.53. The maximum Gasteiger partial charge on any atom is 0.337 e. The number of carbonyl (C=O) groups is 4. The topological polar surface area (TPSA) is 114 Å². The molecule has 0 radical (unpaired) electrons. The predicted molar refractivity (Wildman–Crippen MR) is 107 cm³/mol. The lowest BCUT2D eigenvalue weighted by atomic mass is 10.1. The molecule has 8 nitrogen and oxygen atoms in total. The smallest absolute Gasteiger partial charge is 0.337 e. The van der Waals surface area contributed by atoms with Crippen molar-refractivity contribution >= 4 is 29.4 Å². The van der Waals surface area contributed by atoms with Crippen molar-refractivity contribution in [3.63, 3.8) is 0 Å². The molecule has 3 N–H and O–H groups in total. The molecule has 0 unspecified atom stereocenters. The summed E-state index contributed by atoms with van der Waals surface area (Å²) in [6, 6.07) is 12.2. The number of rotatable bonds is 6. The molecule has 29 heavy (non-hydrogen) atoms. The van der Waals surface area contributed by atoms with Crippen molar-refractivity contribution in [1.29, 1.82) is 0 Å². The van der Waals surface area contributed by atoms with Gasteiger partial charge in [0.1, 0.15) is 0 Å². The molecule has 0 fully saturated rings. The van der Waals surface area contributed by atoms with Crippen molar-refractivity contribution in [3.05, 3.63) is 65.2 Å². The van der Waals surface area contributed by atoms with Crippen LogP contribution in [-0.4, -0.2) is 30.8 Å². The van der Waals surface area contributed by atoms with Gasteiger partial charge in [-0.3, -0.25) is 25.2 Å². The molecular formula is C21H23N3O5. The molecule has 0 bridgehead atoms. The number of esters is 1. The molecule has 0 spiro atoms. The Hall–Kier alpha value is -3.68. The monoisotopic (exact) mass is 397 g/mol. The zero-order chi connectivity index (χ0) is 21.4. The molecule has 0 atom stereocenters. The van der Waals surface area contributed by atoms with Gasteiger partial charge >= 0.3 is 5.97 Å². The van der Waals surface area contributed by atoms with Crippen LogP contribution in [-0.2, 0) is 9.53 Å². The van der Waals surface area contributed by atoms with Crippen LogP contribution in [0.1, 0.15) is 51.3 Å². The number of hydrogen-bond donors (Lipinski definition) is 3. The van der Waals surface area contributed by atoms with E-state index in [1.807, 2.05) is 13.8 Å². The van der Waals surface area contributed by atoms with Gasteiger partial charge in [-0.1, -0.05) is 19.9 Å². The fourth-order valence-corrected chi connectivity index (χ4v) is 2.45. The average molecular weight is 397 g/mol. The van der Waals surface area contributed by atoms with Crippen LogP contribution in [0.3, 0.4) is 0 Å². The lowest BCUT2D eigenvalue weighted by Crippen LogP contribution is -2.41. The lowest BCUT2D eigenvalue weighted by Gasteiger charge is -2.10. The van der Waals surface area contributed by atoms with Crippen LogP contribution >= 0.6 is 0 Å².